The van der Waals surface area contributed by atoms with Gasteiger partial charge in [-0.05, 0) is 28.1 Å². The molecule has 0 bridgehead atoms. The molecule has 92 valence electrons. The van der Waals surface area contributed by atoms with Crippen LogP contribution in [0.2, 0.25) is 0 Å². The summed E-state index contributed by atoms with van der Waals surface area (Å²) in [5.74, 6) is 0.0103. The van der Waals surface area contributed by atoms with Gasteiger partial charge in [-0.25, -0.2) is 0 Å². The van der Waals surface area contributed by atoms with Crippen molar-refractivity contribution < 1.29 is 9.69 Å². The first-order chi connectivity index (χ1) is 8.27. The van der Waals surface area contributed by atoms with Crippen molar-refractivity contribution in [2.45, 2.75) is 12.8 Å². The van der Waals surface area contributed by atoms with Gasteiger partial charge in [0.15, 0.2) is 0 Å². The summed E-state index contributed by atoms with van der Waals surface area (Å²) in [5, 5.41) is 2.98. The van der Waals surface area contributed by atoms with Crippen molar-refractivity contribution in [1.82, 2.24) is 5.32 Å². The molecule has 2 rings (SSSR count). The summed E-state index contributed by atoms with van der Waals surface area (Å²) in [4.78, 5) is 13.5. The quantitative estimate of drug-likeness (QED) is 0.849. The van der Waals surface area contributed by atoms with Crippen LogP contribution in [0.15, 0.2) is 28.7 Å². The van der Waals surface area contributed by atoms with Gasteiger partial charge < -0.3 is 10.2 Å². The number of quaternary nitrogens is 1. The van der Waals surface area contributed by atoms with E-state index < -0.39 is 0 Å². The first-order valence-corrected chi connectivity index (χ1v) is 6.93. The summed E-state index contributed by atoms with van der Waals surface area (Å²) in [7, 11) is 0. The lowest BCUT2D eigenvalue weighted by atomic mass is 10.2. The third kappa shape index (κ3) is 3.54. The Labute approximate surface area is 110 Å². The number of carbonyl (C=O) groups excluding carboxylic acids is 1. The summed E-state index contributed by atoms with van der Waals surface area (Å²) < 4.78 is 0.853. The first kappa shape index (κ1) is 12.6. The topological polar surface area (TPSA) is 33.5 Å². The van der Waals surface area contributed by atoms with E-state index in [1.807, 2.05) is 24.3 Å². The minimum absolute atomic E-state index is 0.0103. The standard InChI is InChI=1S/C13H17BrN2O/c14-12-6-2-1-5-11(12)13(17)15-7-10-16-8-3-4-9-16/h1-2,5-6H,3-4,7-10H2,(H,15,17)/p+1. The second kappa shape index (κ2) is 6.17. The highest BCUT2D eigenvalue weighted by molar-refractivity contribution is 9.10. The third-order valence-corrected chi connectivity index (χ3v) is 3.88. The number of benzene rings is 1. The SMILES string of the molecule is O=C(NCC[NH+]1CCCC1)c1ccccc1Br. The molecule has 0 radical (unpaired) electrons. The maximum Gasteiger partial charge on any atom is 0.252 e. The van der Waals surface area contributed by atoms with Gasteiger partial charge >= 0.3 is 0 Å². The van der Waals surface area contributed by atoms with Crippen LogP contribution >= 0.6 is 15.9 Å². The fourth-order valence-electron chi connectivity index (χ4n) is 2.22. The average molecular weight is 298 g/mol. The number of nitrogens with one attached hydrogen (secondary N) is 2. The van der Waals surface area contributed by atoms with Crippen molar-refractivity contribution in [2.24, 2.45) is 0 Å². The monoisotopic (exact) mass is 297 g/mol. The van der Waals surface area contributed by atoms with Crippen molar-refractivity contribution in [2.75, 3.05) is 26.2 Å². The highest BCUT2D eigenvalue weighted by atomic mass is 79.9. The van der Waals surface area contributed by atoms with Gasteiger partial charge in [0.05, 0.1) is 31.7 Å². The highest BCUT2D eigenvalue weighted by Gasteiger charge is 2.15. The average Bonchev–Trinajstić information content (AvgIpc) is 2.82. The van der Waals surface area contributed by atoms with Gasteiger partial charge in [0.25, 0.3) is 5.91 Å². The van der Waals surface area contributed by atoms with E-state index in [9.17, 15) is 4.79 Å². The zero-order valence-corrected chi connectivity index (χ0v) is 11.4. The maximum absolute atomic E-state index is 11.9. The van der Waals surface area contributed by atoms with E-state index >= 15 is 0 Å². The lowest BCUT2D eigenvalue weighted by Gasteiger charge is -2.12. The van der Waals surface area contributed by atoms with Gasteiger partial charge in [-0.3, -0.25) is 4.79 Å². The lowest BCUT2D eigenvalue weighted by Crippen LogP contribution is -3.10. The normalized spacial score (nSPS) is 16.1. The van der Waals surface area contributed by atoms with Gasteiger partial charge in [-0.15, -0.1) is 0 Å². The van der Waals surface area contributed by atoms with Crippen LogP contribution in [0.25, 0.3) is 0 Å². The molecule has 0 saturated carbocycles. The molecule has 1 amide bonds. The number of likely N-dealkylation sites (tertiary alicyclic amines) is 1. The van der Waals surface area contributed by atoms with Crippen LogP contribution in [0, 0.1) is 0 Å². The van der Waals surface area contributed by atoms with Crippen LogP contribution in [-0.2, 0) is 0 Å². The largest absolute Gasteiger partial charge is 0.346 e. The predicted octanol–water partition coefficient (Wildman–Crippen LogP) is 0.858. The predicted molar refractivity (Wildman–Crippen MR) is 71.3 cm³/mol. The zero-order valence-electron chi connectivity index (χ0n) is 9.84. The number of hydrogen-bond donors (Lipinski definition) is 2. The van der Waals surface area contributed by atoms with Crippen LogP contribution < -0.4 is 10.2 Å². The van der Waals surface area contributed by atoms with Crippen LogP contribution in [0.5, 0.6) is 0 Å². The van der Waals surface area contributed by atoms with Gasteiger partial charge in [0.2, 0.25) is 0 Å². The molecule has 1 aliphatic rings. The molecule has 1 aromatic rings. The van der Waals surface area contributed by atoms with Crippen molar-refractivity contribution in [1.29, 1.82) is 0 Å². The second-order valence-electron chi connectivity index (χ2n) is 4.44. The van der Waals surface area contributed by atoms with E-state index in [1.54, 1.807) is 4.90 Å². The molecule has 4 heteroatoms. The number of hydrogen-bond acceptors (Lipinski definition) is 1. The van der Waals surface area contributed by atoms with Crippen LogP contribution in [-0.4, -0.2) is 32.1 Å². The van der Waals surface area contributed by atoms with Crippen molar-refractivity contribution in [3.8, 4) is 0 Å². The summed E-state index contributed by atoms with van der Waals surface area (Å²) in [6.45, 7) is 4.31. The van der Waals surface area contributed by atoms with E-state index in [2.05, 4.69) is 21.2 Å². The number of amides is 1. The van der Waals surface area contributed by atoms with E-state index in [4.69, 9.17) is 0 Å². The Morgan fingerprint density at radius 3 is 2.71 bits per heavy atom. The Bertz CT molecular complexity index is 389. The molecular weight excluding hydrogens is 280 g/mol. The van der Waals surface area contributed by atoms with E-state index in [0.29, 0.717) is 5.56 Å². The van der Waals surface area contributed by atoms with Gasteiger partial charge in [-0.1, -0.05) is 12.1 Å². The third-order valence-electron chi connectivity index (χ3n) is 3.19. The fourth-order valence-corrected chi connectivity index (χ4v) is 2.68. The number of halogens is 1. The summed E-state index contributed by atoms with van der Waals surface area (Å²) >= 11 is 3.39. The Morgan fingerprint density at radius 2 is 2.00 bits per heavy atom. The second-order valence-corrected chi connectivity index (χ2v) is 5.30. The molecule has 3 nitrogen and oxygen atoms in total. The van der Waals surface area contributed by atoms with Gasteiger partial charge in [0.1, 0.15) is 0 Å². The summed E-state index contributed by atoms with van der Waals surface area (Å²) in [6, 6.07) is 7.52. The molecule has 0 aliphatic carbocycles. The van der Waals surface area contributed by atoms with Crippen molar-refractivity contribution in [3.63, 3.8) is 0 Å². The molecule has 1 saturated heterocycles. The van der Waals surface area contributed by atoms with Crippen LogP contribution in [0.1, 0.15) is 23.2 Å². The van der Waals surface area contributed by atoms with Crippen molar-refractivity contribution in [3.05, 3.63) is 34.3 Å². The molecule has 17 heavy (non-hydrogen) atoms. The van der Waals surface area contributed by atoms with Crippen LogP contribution in [0.4, 0.5) is 0 Å². The van der Waals surface area contributed by atoms with E-state index in [-0.39, 0.29) is 5.91 Å². The Balaban J connectivity index is 1.79. The molecule has 2 N–H and O–H groups in total. The minimum atomic E-state index is 0.0103. The number of carbonyl (C=O) groups is 1. The van der Waals surface area contributed by atoms with Gasteiger partial charge in [0, 0.05) is 17.3 Å². The van der Waals surface area contributed by atoms with Gasteiger partial charge in [-0.2, -0.15) is 0 Å². The maximum atomic E-state index is 11.9. The molecule has 1 aliphatic heterocycles. The highest BCUT2D eigenvalue weighted by Crippen LogP contribution is 2.15. The number of rotatable bonds is 4. The van der Waals surface area contributed by atoms with E-state index in [1.165, 1.54) is 25.9 Å². The molecule has 0 spiro atoms. The fraction of sp³-hybridized carbons (Fsp3) is 0.462. The Morgan fingerprint density at radius 1 is 1.29 bits per heavy atom. The Hall–Kier alpha value is -0.870. The van der Waals surface area contributed by atoms with Crippen molar-refractivity contribution >= 4 is 21.8 Å². The van der Waals surface area contributed by atoms with E-state index in [0.717, 1.165) is 17.6 Å². The molecule has 0 unspecified atom stereocenters. The Kier molecular flexibility index (Phi) is 4.57. The molecule has 1 heterocycles. The molecule has 1 fully saturated rings. The molecule has 0 atom stereocenters. The lowest BCUT2D eigenvalue weighted by molar-refractivity contribution is -0.886. The van der Waals surface area contributed by atoms with Crippen LogP contribution in [0.3, 0.4) is 0 Å². The first-order valence-electron chi connectivity index (χ1n) is 6.13. The smallest absolute Gasteiger partial charge is 0.252 e. The summed E-state index contributed by atoms with van der Waals surface area (Å²) in [5.41, 5.74) is 0.712. The summed E-state index contributed by atoms with van der Waals surface area (Å²) in [6.07, 6.45) is 2.65. The molecule has 0 aromatic heterocycles. The zero-order chi connectivity index (χ0) is 12.1. The molecular formula is C13H18BrN2O+. The molecule has 1 aromatic carbocycles. The minimum Gasteiger partial charge on any atom is -0.346 e.